The van der Waals surface area contributed by atoms with Crippen LogP contribution in [0, 0.1) is 0 Å². The SMILES string of the molecule is O=C1CCC(N2Cc3cc(O[C@H]4CCC[C@@H]4N4CC(c5ccc(C(F)(F)F)nc5)C4)ccc3C2=O)C(=O)N1. The van der Waals surface area contributed by atoms with Crippen molar-refractivity contribution in [3.8, 4) is 5.75 Å². The third-order valence-electron chi connectivity index (χ3n) is 8.13. The summed E-state index contributed by atoms with van der Waals surface area (Å²) in [5, 5.41) is 2.31. The Bertz CT molecular complexity index is 1280. The molecule has 1 aliphatic carbocycles. The Balaban J connectivity index is 1.08. The number of ether oxygens (including phenoxy) is 1. The van der Waals surface area contributed by atoms with E-state index < -0.39 is 23.8 Å². The van der Waals surface area contributed by atoms with Crippen molar-refractivity contribution in [3.63, 3.8) is 0 Å². The minimum Gasteiger partial charge on any atom is -0.489 e. The van der Waals surface area contributed by atoms with E-state index in [0.717, 1.165) is 49.5 Å². The second kappa shape index (κ2) is 9.37. The third-order valence-corrected chi connectivity index (χ3v) is 8.13. The molecule has 1 N–H and O–H groups in total. The molecule has 3 aliphatic heterocycles. The number of carbonyl (C=O) groups excluding carboxylic acids is 3. The number of carbonyl (C=O) groups is 3. The number of benzene rings is 1. The van der Waals surface area contributed by atoms with E-state index in [2.05, 4.69) is 15.2 Å². The zero-order chi connectivity index (χ0) is 26.6. The number of pyridine rings is 1. The van der Waals surface area contributed by atoms with Crippen LogP contribution in [-0.2, 0) is 22.3 Å². The molecule has 0 radical (unpaired) electrons. The van der Waals surface area contributed by atoms with Gasteiger partial charge in [-0.2, -0.15) is 13.2 Å². The molecule has 3 atom stereocenters. The number of alkyl halides is 3. The number of nitrogens with zero attached hydrogens (tertiary/aromatic N) is 3. The molecule has 4 heterocycles. The van der Waals surface area contributed by atoms with Gasteiger partial charge in [0.25, 0.3) is 5.91 Å². The quantitative estimate of drug-likeness (QED) is 0.600. The van der Waals surface area contributed by atoms with Crippen molar-refractivity contribution in [2.45, 2.75) is 68.9 Å². The fraction of sp³-hybridized carbons (Fsp3) is 0.481. The van der Waals surface area contributed by atoms with Crippen molar-refractivity contribution in [2.24, 2.45) is 0 Å². The zero-order valence-electron chi connectivity index (χ0n) is 20.5. The van der Waals surface area contributed by atoms with Gasteiger partial charge in [0.05, 0.1) is 0 Å². The van der Waals surface area contributed by atoms with Crippen LogP contribution in [0.4, 0.5) is 13.2 Å². The molecule has 200 valence electrons. The Hall–Kier alpha value is -3.47. The predicted molar refractivity (Wildman–Crippen MR) is 128 cm³/mol. The number of likely N-dealkylation sites (tertiary alicyclic amines) is 1. The number of imide groups is 1. The smallest absolute Gasteiger partial charge is 0.433 e. The van der Waals surface area contributed by atoms with Crippen molar-refractivity contribution in [1.29, 1.82) is 0 Å². The lowest BCUT2D eigenvalue weighted by Gasteiger charge is -2.45. The minimum absolute atomic E-state index is 0.0249. The molecule has 8 nitrogen and oxygen atoms in total. The molecular formula is C27H27F3N4O4. The molecule has 1 unspecified atom stereocenters. The Kier molecular flexibility index (Phi) is 6.13. The van der Waals surface area contributed by atoms with Crippen molar-refractivity contribution in [3.05, 3.63) is 58.9 Å². The molecule has 11 heteroatoms. The van der Waals surface area contributed by atoms with Gasteiger partial charge in [0.15, 0.2) is 0 Å². The molecular weight excluding hydrogens is 501 g/mol. The van der Waals surface area contributed by atoms with Crippen LogP contribution in [0.3, 0.4) is 0 Å². The zero-order valence-corrected chi connectivity index (χ0v) is 20.5. The lowest BCUT2D eigenvalue weighted by atomic mass is 9.90. The molecule has 1 aromatic carbocycles. The normalized spacial score (nSPS) is 26.3. The van der Waals surface area contributed by atoms with Crippen LogP contribution in [0.2, 0.25) is 0 Å². The van der Waals surface area contributed by atoms with Gasteiger partial charge >= 0.3 is 6.18 Å². The predicted octanol–water partition coefficient (Wildman–Crippen LogP) is 3.26. The minimum atomic E-state index is -4.44. The van der Waals surface area contributed by atoms with Crippen LogP contribution in [0.5, 0.6) is 5.75 Å². The van der Waals surface area contributed by atoms with E-state index in [0.29, 0.717) is 24.3 Å². The molecule has 0 spiro atoms. The molecule has 0 bridgehead atoms. The van der Waals surface area contributed by atoms with Gasteiger partial charge < -0.3 is 9.64 Å². The molecule has 6 rings (SSSR count). The Labute approximate surface area is 217 Å². The first kappa shape index (κ1) is 24.8. The molecule has 3 amide bonds. The summed E-state index contributed by atoms with van der Waals surface area (Å²) in [6.45, 7) is 1.79. The Morgan fingerprint density at radius 3 is 2.55 bits per heavy atom. The fourth-order valence-corrected chi connectivity index (χ4v) is 6.07. The van der Waals surface area contributed by atoms with Gasteiger partial charge in [-0.3, -0.25) is 29.6 Å². The van der Waals surface area contributed by atoms with Crippen molar-refractivity contribution in [2.75, 3.05) is 13.1 Å². The van der Waals surface area contributed by atoms with Gasteiger partial charge in [0.2, 0.25) is 11.8 Å². The van der Waals surface area contributed by atoms with Gasteiger partial charge in [-0.1, -0.05) is 6.07 Å². The van der Waals surface area contributed by atoms with Crippen LogP contribution < -0.4 is 10.1 Å². The number of nitrogens with one attached hydrogen (secondary N) is 1. The second-order valence-electron chi connectivity index (χ2n) is 10.5. The molecule has 1 saturated carbocycles. The summed E-state index contributed by atoms with van der Waals surface area (Å²) < 4.78 is 44.8. The van der Waals surface area contributed by atoms with Gasteiger partial charge in [-0.15, -0.1) is 0 Å². The van der Waals surface area contributed by atoms with Crippen LogP contribution in [0.25, 0.3) is 0 Å². The fourth-order valence-electron chi connectivity index (χ4n) is 6.07. The summed E-state index contributed by atoms with van der Waals surface area (Å²) in [6, 6.07) is 7.50. The van der Waals surface area contributed by atoms with Crippen molar-refractivity contribution in [1.82, 2.24) is 20.1 Å². The lowest BCUT2D eigenvalue weighted by Crippen LogP contribution is -2.54. The van der Waals surface area contributed by atoms with Crippen LogP contribution in [0.15, 0.2) is 36.5 Å². The van der Waals surface area contributed by atoms with Crippen LogP contribution >= 0.6 is 0 Å². The van der Waals surface area contributed by atoms with Crippen molar-refractivity contribution >= 4 is 17.7 Å². The van der Waals surface area contributed by atoms with E-state index in [1.807, 2.05) is 6.07 Å². The summed E-state index contributed by atoms with van der Waals surface area (Å²) in [6.07, 6.45) is 0.289. The average molecular weight is 529 g/mol. The summed E-state index contributed by atoms with van der Waals surface area (Å²) >= 11 is 0. The van der Waals surface area contributed by atoms with E-state index in [9.17, 15) is 27.6 Å². The molecule has 2 aromatic rings. The first-order valence-electron chi connectivity index (χ1n) is 12.9. The van der Waals surface area contributed by atoms with E-state index in [1.165, 1.54) is 17.2 Å². The average Bonchev–Trinajstić information content (AvgIpc) is 3.42. The summed E-state index contributed by atoms with van der Waals surface area (Å²) in [5.74, 6) is -0.156. The lowest BCUT2D eigenvalue weighted by molar-refractivity contribution is -0.141. The Morgan fingerprint density at radius 2 is 1.84 bits per heavy atom. The number of piperidine rings is 1. The molecule has 2 saturated heterocycles. The van der Waals surface area contributed by atoms with E-state index in [1.54, 1.807) is 12.1 Å². The number of hydrogen-bond donors (Lipinski definition) is 1. The number of hydrogen-bond acceptors (Lipinski definition) is 6. The standard InChI is InChI=1S/C27H27F3N4O4/c28-27(29,30)23-8-4-15(11-31-23)17-12-33(13-17)20-2-1-3-22(20)38-18-5-6-19-16(10-18)14-34(26(19)37)21-7-9-24(35)32-25(21)36/h4-6,8,10-11,17,20-22H,1-3,7,9,12-14H2,(H,32,35,36)/t20-,21?,22-/m0/s1. The number of aromatic nitrogens is 1. The topological polar surface area (TPSA) is 91.8 Å². The number of fused-ring (bicyclic) bond motifs is 1. The highest BCUT2D eigenvalue weighted by Gasteiger charge is 2.42. The largest absolute Gasteiger partial charge is 0.489 e. The number of rotatable bonds is 5. The molecule has 38 heavy (non-hydrogen) atoms. The van der Waals surface area contributed by atoms with E-state index >= 15 is 0 Å². The maximum atomic E-state index is 12.9. The second-order valence-corrected chi connectivity index (χ2v) is 10.5. The molecule has 1 aromatic heterocycles. The molecule has 3 fully saturated rings. The van der Waals surface area contributed by atoms with E-state index in [4.69, 9.17) is 4.74 Å². The van der Waals surface area contributed by atoms with Crippen molar-refractivity contribution < 1.29 is 32.3 Å². The highest BCUT2D eigenvalue weighted by molar-refractivity contribution is 6.05. The third kappa shape index (κ3) is 4.53. The summed E-state index contributed by atoms with van der Waals surface area (Å²) in [5.41, 5.74) is 1.28. The first-order valence-corrected chi connectivity index (χ1v) is 12.9. The summed E-state index contributed by atoms with van der Waals surface area (Å²) in [4.78, 5) is 44.1. The van der Waals surface area contributed by atoms with Gasteiger partial charge in [0.1, 0.15) is 23.6 Å². The van der Waals surface area contributed by atoms with Gasteiger partial charge in [0, 0.05) is 49.8 Å². The number of amides is 3. The highest BCUT2D eigenvalue weighted by atomic mass is 19.4. The van der Waals surface area contributed by atoms with Gasteiger partial charge in [-0.05, 0) is 61.1 Å². The maximum absolute atomic E-state index is 12.9. The molecule has 4 aliphatic rings. The number of halogens is 3. The first-order chi connectivity index (χ1) is 18.2. The summed E-state index contributed by atoms with van der Waals surface area (Å²) in [7, 11) is 0. The Morgan fingerprint density at radius 1 is 1.03 bits per heavy atom. The monoisotopic (exact) mass is 528 g/mol. The van der Waals surface area contributed by atoms with Crippen LogP contribution in [0.1, 0.15) is 65.2 Å². The van der Waals surface area contributed by atoms with Gasteiger partial charge in [-0.25, -0.2) is 0 Å². The maximum Gasteiger partial charge on any atom is 0.433 e. The van der Waals surface area contributed by atoms with E-state index in [-0.39, 0.29) is 36.3 Å². The van der Waals surface area contributed by atoms with Crippen LogP contribution in [-0.4, -0.2) is 63.8 Å². The highest BCUT2D eigenvalue weighted by Crippen LogP contribution is 2.38.